The molecule has 0 saturated carbocycles. The number of unbranched alkanes of at least 4 members (excludes halogenated alkanes) is 1. The molecule has 1 aromatic rings. The van der Waals surface area contributed by atoms with E-state index in [1.54, 1.807) is 0 Å². The maximum atomic E-state index is 5.82. The molecule has 1 aromatic heterocycles. The summed E-state index contributed by atoms with van der Waals surface area (Å²) in [4.78, 5) is 0. The van der Waals surface area contributed by atoms with Crippen molar-refractivity contribution in [2.75, 3.05) is 13.2 Å². The molecule has 98 valence electrons. The van der Waals surface area contributed by atoms with Gasteiger partial charge in [-0.05, 0) is 26.3 Å². The molecule has 4 heteroatoms. The maximum Gasteiger partial charge on any atom is 0.216 e. The summed E-state index contributed by atoms with van der Waals surface area (Å²) >= 11 is 0. The van der Waals surface area contributed by atoms with Crippen LogP contribution in [-0.4, -0.2) is 22.9 Å². The molecule has 0 aliphatic rings. The van der Waals surface area contributed by atoms with E-state index in [0.717, 1.165) is 50.5 Å². The third-order valence-corrected chi connectivity index (χ3v) is 2.75. The summed E-state index contributed by atoms with van der Waals surface area (Å²) in [6, 6.07) is 0. The Morgan fingerprint density at radius 3 is 2.71 bits per heavy atom. The van der Waals surface area contributed by atoms with E-state index < -0.39 is 0 Å². The second-order valence-corrected chi connectivity index (χ2v) is 4.37. The monoisotopic (exact) mass is 239 g/mol. The number of hydrogen-bond acceptors (Lipinski definition) is 3. The minimum atomic E-state index is 0.774. The SMILES string of the molecule is CCCCOc1c(CNCCC)c(C)nn1C. The van der Waals surface area contributed by atoms with E-state index in [0.29, 0.717) is 0 Å². The Labute approximate surface area is 104 Å². The van der Waals surface area contributed by atoms with Crippen molar-refractivity contribution in [1.82, 2.24) is 15.1 Å². The van der Waals surface area contributed by atoms with E-state index in [1.165, 1.54) is 5.56 Å². The summed E-state index contributed by atoms with van der Waals surface area (Å²) in [5.74, 6) is 0.916. The highest BCUT2D eigenvalue weighted by Crippen LogP contribution is 2.21. The normalized spacial score (nSPS) is 10.8. The van der Waals surface area contributed by atoms with Gasteiger partial charge in [0.2, 0.25) is 5.88 Å². The summed E-state index contributed by atoms with van der Waals surface area (Å²) < 4.78 is 7.66. The molecule has 4 nitrogen and oxygen atoms in total. The number of ether oxygens (including phenoxy) is 1. The van der Waals surface area contributed by atoms with Crippen LogP contribution in [0.2, 0.25) is 0 Å². The van der Waals surface area contributed by atoms with Gasteiger partial charge in [0.1, 0.15) is 0 Å². The van der Waals surface area contributed by atoms with Crippen molar-refractivity contribution in [2.24, 2.45) is 7.05 Å². The Balaban J connectivity index is 2.65. The highest BCUT2D eigenvalue weighted by molar-refractivity contribution is 5.30. The first-order valence-corrected chi connectivity index (χ1v) is 6.56. The molecular weight excluding hydrogens is 214 g/mol. The zero-order chi connectivity index (χ0) is 12.7. The standard InChI is InChI=1S/C13H25N3O/c1-5-7-9-17-13-12(10-14-8-6-2)11(3)15-16(13)4/h14H,5-10H2,1-4H3. The fourth-order valence-electron chi connectivity index (χ4n) is 1.77. The molecule has 0 radical (unpaired) electrons. The minimum absolute atomic E-state index is 0.774. The van der Waals surface area contributed by atoms with E-state index in [9.17, 15) is 0 Å². The van der Waals surface area contributed by atoms with Crippen molar-refractivity contribution < 1.29 is 4.74 Å². The average Bonchev–Trinajstić information content (AvgIpc) is 2.56. The van der Waals surface area contributed by atoms with E-state index in [4.69, 9.17) is 4.74 Å². The molecule has 0 atom stereocenters. The number of nitrogens with zero attached hydrogens (tertiary/aromatic N) is 2. The van der Waals surface area contributed by atoms with Crippen molar-refractivity contribution in [3.8, 4) is 5.88 Å². The van der Waals surface area contributed by atoms with Gasteiger partial charge < -0.3 is 10.1 Å². The van der Waals surface area contributed by atoms with Gasteiger partial charge in [0.05, 0.1) is 17.9 Å². The minimum Gasteiger partial charge on any atom is -0.478 e. The van der Waals surface area contributed by atoms with Crippen LogP contribution < -0.4 is 10.1 Å². The van der Waals surface area contributed by atoms with E-state index in [1.807, 2.05) is 18.7 Å². The lowest BCUT2D eigenvalue weighted by atomic mass is 10.2. The van der Waals surface area contributed by atoms with Gasteiger partial charge in [0.15, 0.2) is 0 Å². The van der Waals surface area contributed by atoms with Gasteiger partial charge in [-0.1, -0.05) is 20.3 Å². The first-order valence-electron chi connectivity index (χ1n) is 6.56. The fraction of sp³-hybridized carbons (Fsp3) is 0.769. The van der Waals surface area contributed by atoms with Gasteiger partial charge >= 0.3 is 0 Å². The number of hydrogen-bond donors (Lipinski definition) is 1. The molecule has 1 N–H and O–H groups in total. The molecule has 0 spiro atoms. The molecule has 0 amide bonds. The summed E-state index contributed by atoms with van der Waals surface area (Å²) in [6.45, 7) is 9.02. The lowest BCUT2D eigenvalue weighted by Gasteiger charge is -2.09. The summed E-state index contributed by atoms with van der Waals surface area (Å²) in [7, 11) is 1.94. The Hall–Kier alpha value is -1.03. The van der Waals surface area contributed by atoms with Gasteiger partial charge in [-0.3, -0.25) is 0 Å². The van der Waals surface area contributed by atoms with Crippen molar-refractivity contribution in [3.63, 3.8) is 0 Å². The van der Waals surface area contributed by atoms with Crippen LogP contribution in [0, 0.1) is 6.92 Å². The van der Waals surface area contributed by atoms with E-state index >= 15 is 0 Å². The Morgan fingerprint density at radius 1 is 1.29 bits per heavy atom. The zero-order valence-corrected chi connectivity index (χ0v) is 11.5. The van der Waals surface area contributed by atoms with Crippen LogP contribution >= 0.6 is 0 Å². The lowest BCUT2D eigenvalue weighted by molar-refractivity contribution is 0.280. The Kier molecular flexibility index (Phi) is 6.05. The van der Waals surface area contributed by atoms with Crippen LogP contribution in [0.3, 0.4) is 0 Å². The maximum absolute atomic E-state index is 5.82. The van der Waals surface area contributed by atoms with Crippen molar-refractivity contribution in [1.29, 1.82) is 0 Å². The molecule has 1 rings (SSSR count). The fourth-order valence-corrected chi connectivity index (χ4v) is 1.77. The van der Waals surface area contributed by atoms with Gasteiger partial charge in [-0.15, -0.1) is 0 Å². The third-order valence-electron chi connectivity index (χ3n) is 2.75. The Bertz CT molecular complexity index is 303. The first kappa shape index (κ1) is 14.0. The number of nitrogens with one attached hydrogen (secondary N) is 1. The molecule has 0 saturated heterocycles. The van der Waals surface area contributed by atoms with Gasteiger partial charge in [0, 0.05) is 13.6 Å². The summed E-state index contributed by atoms with van der Waals surface area (Å²) in [5.41, 5.74) is 2.25. The largest absolute Gasteiger partial charge is 0.478 e. The molecule has 0 aliphatic heterocycles. The highest BCUT2D eigenvalue weighted by atomic mass is 16.5. The predicted molar refractivity (Wildman–Crippen MR) is 70.3 cm³/mol. The molecule has 0 bridgehead atoms. The molecule has 17 heavy (non-hydrogen) atoms. The Morgan fingerprint density at radius 2 is 2.06 bits per heavy atom. The van der Waals surface area contributed by atoms with Crippen LogP contribution in [0.4, 0.5) is 0 Å². The molecule has 0 aliphatic carbocycles. The number of rotatable bonds is 8. The second kappa shape index (κ2) is 7.33. The molecule has 0 fully saturated rings. The van der Waals surface area contributed by atoms with Crippen LogP contribution in [0.5, 0.6) is 5.88 Å². The zero-order valence-electron chi connectivity index (χ0n) is 11.5. The lowest BCUT2D eigenvalue weighted by Crippen LogP contribution is -2.15. The predicted octanol–water partition coefficient (Wildman–Crippen LogP) is 2.41. The van der Waals surface area contributed by atoms with Gasteiger partial charge in [0.25, 0.3) is 0 Å². The van der Waals surface area contributed by atoms with Crippen LogP contribution in [0.15, 0.2) is 0 Å². The molecule has 0 unspecified atom stereocenters. The van der Waals surface area contributed by atoms with Crippen molar-refractivity contribution in [2.45, 2.75) is 46.6 Å². The summed E-state index contributed by atoms with van der Waals surface area (Å²) in [5, 5.41) is 7.82. The van der Waals surface area contributed by atoms with Crippen LogP contribution in [0.25, 0.3) is 0 Å². The van der Waals surface area contributed by atoms with E-state index in [-0.39, 0.29) is 0 Å². The molecule has 0 aromatic carbocycles. The van der Waals surface area contributed by atoms with Crippen LogP contribution in [0.1, 0.15) is 44.4 Å². The summed E-state index contributed by atoms with van der Waals surface area (Å²) in [6.07, 6.45) is 3.39. The van der Waals surface area contributed by atoms with Crippen LogP contribution in [-0.2, 0) is 13.6 Å². The van der Waals surface area contributed by atoms with Crippen molar-refractivity contribution in [3.05, 3.63) is 11.3 Å². The third kappa shape index (κ3) is 4.04. The molecular formula is C13H25N3O. The first-order chi connectivity index (χ1) is 8.20. The van der Waals surface area contributed by atoms with Gasteiger partial charge in [-0.2, -0.15) is 5.10 Å². The smallest absolute Gasteiger partial charge is 0.216 e. The number of aromatic nitrogens is 2. The highest BCUT2D eigenvalue weighted by Gasteiger charge is 2.13. The topological polar surface area (TPSA) is 39.1 Å². The number of aryl methyl sites for hydroxylation is 2. The quantitative estimate of drug-likeness (QED) is 0.708. The van der Waals surface area contributed by atoms with Gasteiger partial charge in [-0.25, -0.2) is 4.68 Å². The molecule has 1 heterocycles. The average molecular weight is 239 g/mol. The van der Waals surface area contributed by atoms with E-state index in [2.05, 4.69) is 24.3 Å². The van der Waals surface area contributed by atoms with Crippen molar-refractivity contribution >= 4 is 0 Å². The second-order valence-electron chi connectivity index (χ2n) is 4.37.